The zero-order chi connectivity index (χ0) is 17.3. The van der Waals surface area contributed by atoms with Gasteiger partial charge in [0.1, 0.15) is 19.5 Å². The third-order valence-corrected chi connectivity index (χ3v) is 4.28. The van der Waals surface area contributed by atoms with Gasteiger partial charge in [0.2, 0.25) is 0 Å². The van der Waals surface area contributed by atoms with Crippen molar-refractivity contribution in [2.75, 3.05) is 31.1 Å². The lowest BCUT2D eigenvalue weighted by atomic mass is 9.94. The molecule has 0 atom stereocenters. The van der Waals surface area contributed by atoms with E-state index in [1.54, 1.807) is 11.0 Å². The molecule has 2 aromatic rings. The molecule has 2 heterocycles. The molecule has 1 saturated heterocycles. The van der Waals surface area contributed by atoms with Gasteiger partial charge in [-0.05, 0) is 37.1 Å². The van der Waals surface area contributed by atoms with Crippen molar-refractivity contribution in [1.82, 2.24) is 9.88 Å². The van der Waals surface area contributed by atoms with Crippen LogP contribution >= 0.6 is 0 Å². The molecule has 122 valence electrons. The van der Waals surface area contributed by atoms with Crippen LogP contribution in [0.4, 0.5) is 10.2 Å². The van der Waals surface area contributed by atoms with Crippen molar-refractivity contribution in [3.8, 4) is 0 Å². The average molecular weight is 323 g/mol. The molecule has 24 heavy (non-hydrogen) atoms. The van der Waals surface area contributed by atoms with Gasteiger partial charge in [-0.3, -0.25) is 4.79 Å². The van der Waals surface area contributed by atoms with E-state index in [2.05, 4.69) is 16.0 Å². The highest BCUT2D eigenvalue weighted by Gasteiger charge is 2.25. The summed E-state index contributed by atoms with van der Waals surface area (Å²) in [6.45, 7) is 6.49. The molecule has 0 spiro atoms. The number of amides is 1. The van der Waals surface area contributed by atoms with Crippen LogP contribution in [0.2, 0.25) is 0 Å². The number of aromatic nitrogens is 1. The van der Waals surface area contributed by atoms with Crippen molar-refractivity contribution >= 4 is 25.0 Å². The number of hydrogen-bond donors (Lipinski definition) is 0. The van der Waals surface area contributed by atoms with Gasteiger partial charge in [0.05, 0.1) is 5.56 Å². The molecule has 1 fully saturated rings. The van der Waals surface area contributed by atoms with Crippen LogP contribution in [0.5, 0.6) is 0 Å². The number of aryl methyl sites for hydroxylation is 2. The normalized spacial score (nSPS) is 14.8. The number of piperazine rings is 1. The lowest BCUT2D eigenvalue weighted by Gasteiger charge is -2.36. The maximum atomic E-state index is 13.9. The fourth-order valence-electron chi connectivity index (χ4n) is 3.04. The summed E-state index contributed by atoms with van der Waals surface area (Å²) in [7, 11) is 5.53. The molecular weight excluding hydrogens is 304 g/mol. The second-order valence-corrected chi connectivity index (χ2v) is 6.17. The quantitative estimate of drug-likeness (QED) is 0.788. The Morgan fingerprint density at radius 2 is 1.88 bits per heavy atom. The van der Waals surface area contributed by atoms with Crippen molar-refractivity contribution in [2.45, 2.75) is 13.8 Å². The molecule has 6 heteroatoms. The molecule has 1 amide bonds. The van der Waals surface area contributed by atoms with E-state index in [-0.39, 0.29) is 11.5 Å². The first-order valence-corrected chi connectivity index (χ1v) is 7.98. The number of carbonyl (C=O) groups is 1. The molecule has 1 aromatic carbocycles. The number of hydrogen-bond acceptors (Lipinski definition) is 3. The molecule has 0 bridgehead atoms. The van der Waals surface area contributed by atoms with Crippen LogP contribution in [0.3, 0.4) is 0 Å². The maximum absolute atomic E-state index is 13.9. The van der Waals surface area contributed by atoms with E-state index in [1.807, 2.05) is 20.0 Å². The second kappa shape index (κ2) is 6.63. The standard InChI is InChI=1S/C18H19BFN3O/c1-12-9-13(2)17(21-11-12)22-5-7-23(8-6-22)18(24)15-4-3-14(19)10-16(15)20/h3-4,9-11H,5-8H2,1-2H3. The summed E-state index contributed by atoms with van der Waals surface area (Å²) in [6, 6.07) is 6.28. The summed E-state index contributed by atoms with van der Waals surface area (Å²) in [4.78, 5) is 20.8. The predicted octanol–water partition coefficient (Wildman–Crippen LogP) is 1.59. The Hall–Kier alpha value is -2.37. The molecule has 1 aromatic heterocycles. The SMILES string of the molecule is [B]c1ccc(C(=O)N2CCN(c3ncc(C)cc3C)CC2)c(F)c1. The fourth-order valence-corrected chi connectivity index (χ4v) is 3.04. The third-order valence-electron chi connectivity index (χ3n) is 4.28. The van der Waals surface area contributed by atoms with Gasteiger partial charge in [-0.25, -0.2) is 9.37 Å². The van der Waals surface area contributed by atoms with Gasteiger partial charge in [0, 0.05) is 32.4 Å². The van der Waals surface area contributed by atoms with Gasteiger partial charge in [0.25, 0.3) is 5.91 Å². The van der Waals surface area contributed by atoms with E-state index in [9.17, 15) is 9.18 Å². The van der Waals surface area contributed by atoms with Crippen LogP contribution in [-0.2, 0) is 0 Å². The molecule has 0 unspecified atom stereocenters. The second-order valence-electron chi connectivity index (χ2n) is 6.17. The first-order valence-electron chi connectivity index (χ1n) is 7.98. The summed E-state index contributed by atoms with van der Waals surface area (Å²) >= 11 is 0. The lowest BCUT2D eigenvalue weighted by Crippen LogP contribution is -2.49. The Bertz CT molecular complexity index is 773. The van der Waals surface area contributed by atoms with Crippen LogP contribution in [0.15, 0.2) is 30.5 Å². The first-order chi connectivity index (χ1) is 11.5. The minimum Gasteiger partial charge on any atom is -0.353 e. The van der Waals surface area contributed by atoms with E-state index in [1.165, 1.54) is 12.1 Å². The molecule has 4 nitrogen and oxygen atoms in total. The van der Waals surface area contributed by atoms with Crippen LogP contribution in [0, 0.1) is 19.7 Å². The van der Waals surface area contributed by atoms with Gasteiger partial charge < -0.3 is 9.80 Å². The van der Waals surface area contributed by atoms with E-state index < -0.39 is 5.82 Å². The molecule has 0 saturated carbocycles. The molecule has 1 aliphatic heterocycles. The Kier molecular flexibility index (Phi) is 4.56. The molecule has 2 radical (unpaired) electrons. The van der Waals surface area contributed by atoms with Crippen molar-refractivity contribution in [2.24, 2.45) is 0 Å². The molecule has 3 rings (SSSR count). The van der Waals surface area contributed by atoms with Gasteiger partial charge in [-0.15, -0.1) is 0 Å². The zero-order valence-corrected chi connectivity index (χ0v) is 13.9. The molecule has 0 N–H and O–H groups in total. The summed E-state index contributed by atoms with van der Waals surface area (Å²) in [5.74, 6) is 0.0885. The number of benzene rings is 1. The van der Waals surface area contributed by atoms with Gasteiger partial charge >= 0.3 is 0 Å². The Morgan fingerprint density at radius 1 is 1.17 bits per heavy atom. The van der Waals surface area contributed by atoms with Crippen molar-refractivity contribution in [3.05, 3.63) is 53.0 Å². The number of rotatable bonds is 2. The van der Waals surface area contributed by atoms with Crippen molar-refractivity contribution < 1.29 is 9.18 Å². The first kappa shape index (κ1) is 16.5. The number of carbonyl (C=O) groups excluding carboxylic acids is 1. The van der Waals surface area contributed by atoms with Crippen molar-refractivity contribution in [1.29, 1.82) is 0 Å². The minimum atomic E-state index is -0.571. The molecule has 0 aliphatic carbocycles. The van der Waals surface area contributed by atoms with Gasteiger partial charge in [-0.1, -0.05) is 17.6 Å². The van der Waals surface area contributed by atoms with Crippen LogP contribution in [0.1, 0.15) is 21.5 Å². The number of pyridine rings is 1. The number of halogens is 1. The fraction of sp³-hybridized carbons (Fsp3) is 0.333. The number of nitrogens with zero attached hydrogens (tertiary/aromatic N) is 3. The summed E-state index contributed by atoms with van der Waals surface area (Å²) in [5, 5.41) is 0. The number of anilines is 1. The Labute approximate surface area is 142 Å². The average Bonchev–Trinajstić information content (AvgIpc) is 2.54. The maximum Gasteiger partial charge on any atom is 0.256 e. The zero-order valence-electron chi connectivity index (χ0n) is 13.9. The van der Waals surface area contributed by atoms with E-state index in [0.29, 0.717) is 31.6 Å². The summed E-state index contributed by atoms with van der Waals surface area (Å²) in [6.07, 6.45) is 1.85. The van der Waals surface area contributed by atoms with E-state index >= 15 is 0 Å². The van der Waals surface area contributed by atoms with Gasteiger partial charge in [-0.2, -0.15) is 0 Å². The van der Waals surface area contributed by atoms with Crippen molar-refractivity contribution in [3.63, 3.8) is 0 Å². The van der Waals surface area contributed by atoms with Gasteiger partial charge in [0.15, 0.2) is 0 Å². The van der Waals surface area contributed by atoms with Crippen LogP contribution in [-0.4, -0.2) is 49.8 Å². The third kappa shape index (κ3) is 3.27. The summed E-state index contributed by atoms with van der Waals surface area (Å²) < 4.78 is 13.9. The molecular formula is C18H19BFN3O. The highest BCUT2D eigenvalue weighted by Crippen LogP contribution is 2.20. The molecule has 1 aliphatic rings. The van der Waals surface area contributed by atoms with E-state index in [4.69, 9.17) is 7.85 Å². The highest BCUT2D eigenvalue weighted by molar-refractivity contribution is 6.32. The van der Waals surface area contributed by atoms with Crippen LogP contribution in [0.25, 0.3) is 0 Å². The van der Waals surface area contributed by atoms with E-state index in [0.717, 1.165) is 16.9 Å². The smallest absolute Gasteiger partial charge is 0.256 e. The topological polar surface area (TPSA) is 36.4 Å². The predicted molar refractivity (Wildman–Crippen MR) is 93.6 cm³/mol. The highest BCUT2D eigenvalue weighted by atomic mass is 19.1. The summed E-state index contributed by atoms with van der Waals surface area (Å²) in [5.41, 5.74) is 2.64. The lowest BCUT2D eigenvalue weighted by molar-refractivity contribution is 0.0742. The Morgan fingerprint density at radius 3 is 2.50 bits per heavy atom. The minimum absolute atomic E-state index is 0.0716. The van der Waals surface area contributed by atoms with Crippen LogP contribution < -0.4 is 10.4 Å². The largest absolute Gasteiger partial charge is 0.353 e. The Balaban J connectivity index is 1.69. The monoisotopic (exact) mass is 323 g/mol.